The lowest BCUT2D eigenvalue weighted by molar-refractivity contribution is 0.00578. The first-order valence-corrected chi connectivity index (χ1v) is 6.98. The Morgan fingerprint density at radius 1 is 1.10 bits per heavy atom. The van der Waals surface area contributed by atoms with Crippen molar-refractivity contribution in [1.29, 1.82) is 0 Å². The normalized spacial score (nSPS) is 21.8. The second kappa shape index (κ2) is 5.39. The molecule has 1 aliphatic rings. The number of rotatable bonds is 4. The van der Waals surface area contributed by atoms with Gasteiger partial charge in [0, 0.05) is 0 Å². The van der Waals surface area contributed by atoms with Crippen LogP contribution in [0.4, 0.5) is 0 Å². The van der Waals surface area contributed by atoms with Gasteiger partial charge < -0.3 is 19.2 Å². The lowest BCUT2D eigenvalue weighted by atomic mass is 9.79. The van der Waals surface area contributed by atoms with E-state index < -0.39 is 6.10 Å². The summed E-state index contributed by atoms with van der Waals surface area (Å²) in [4.78, 5) is 0. The van der Waals surface area contributed by atoms with Crippen molar-refractivity contribution in [1.82, 2.24) is 0 Å². The van der Waals surface area contributed by atoms with Crippen LogP contribution in [-0.2, 0) is 9.31 Å². The summed E-state index contributed by atoms with van der Waals surface area (Å²) in [6, 6.07) is 7.59. The molecule has 2 rings (SSSR count). The molecule has 1 fully saturated rings. The molecule has 1 aromatic carbocycles. The van der Waals surface area contributed by atoms with Crippen LogP contribution in [0.3, 0.4) is 0 Å². The first kappa shape index (κ1) is 15.4. The van der Waals surface area contributed by atoms with E-state index in [2.05, 4.69) is 0 Å². The van der Waals surface area contributed by atoms with E-state index >= 15 is 0 Å². The molecule has 0 saturated carbocycles. The van der Waals surface area contributed by atoms with Crippen LogP contribution in [0.2, 0.25) is 0 Å². The van der Waals surface area contributed by atoms with Crippen LogP contribution in [0.15, 0.2) is 24.3 Å². The summed E-state index contributed by atoms with van der Waals surface area (Å²) in [7, 11) is -0.356. The Labute approximate surface area is 121 Å². The molecular formula is C15H23BO4. The van der Waals surface area contributed by atoms with Crippen molar-refractivity contribution in [3.63, 3.8) is 0 Å². The summed E-state index contributed by atoms with van der Waals surface area (Å²) >= 11 is 0. The third kappa shape index (κ3) is 3.16. The van der Waals surface area contributed by atoms with Crippen LogP contribution >= 0.6 is 0 Å². The van der Waals surface area contributed by atoms with Crippen LogP contribution in [0.5, 0.6) is 5.75 Å². The molecule has 110 valence electrons. The minimum absolute atomic E-state index is 0.288. The Hall–Kier alpha value is -1.04. The van der Waals surface area contributed by atoms with Crippen molar-refractivity contribution >= 4 is 12.6 Å². The molecule has 5 heteroatoms. The zero-order chi connectivity index (χ0) is 15.0. The van der Waals surface area contributed by atoms with Gasteiger partial charge in [0.25, 0.3) is 0 Å². The highest BCUT2D eigenvalue weighted by atomic mass is 16.7. The molecule has 0 bridgehead atoms. The van der Waals surface area contributed by atoms with E-state index in [0.29, 0.717) is 0 Å². The highest BCUT2D eigenvalue weighted by Crippen LogP contribution is 2.36. The van der Waals surface area contributed by atoms with Gasteiger partial charge in [0.1, 0.15) is 12.4 Å². The van der Waals surface area contributed by atoms with Gasteiger partial charge in [0.2, 0.25) is 0 Å². The van der Waals surface area contributed by atoms with Gasteiger partial charge in [-0.2, -0.15) is 0 Å². The number of aliphatic hydroxyl groups excluding tert-OH is 1. The number of aliphatic hydroxyl groups is 1. The van der Waals surface area contributed by atoms with Crippen LogP contribution < -0.4 is 10.2 Å². The Bertz CT molecular complexity index is 437. The molecule has 1 aliphatic heterocycles. The Balaban J connectivity index is 2.05. The average molecular weight is 278 g/mol. The molecule has 1 heterocycles. The quantitative estimate of drug-likeness (QED) is 0.852. The van der Waals surface area contributed by atoms with Crippen LogP contribution in [0.1, 0.15) is 34.6 Å². The van der Waals surface area contributed by atoms with Crippen LogP contribution in [0, 0.1) is 0 Å². The maximum absolute atomic E-state index is 9.19. The van der Waals surface area contributed by atoms with E-state index in [0.717, 1.165) is 11.2 Å². The van der Waals surface area contributed by atoms with Gasteiger partial charge in [-0.05, 0) is 52.2 Å². The molecule has 1 aromatic rings. The van der Waals surface area contributed by atoms with Gasteiger partial charge in [0.15, 0.2) is 0 Å². The fraction of sp³-hybridized carbons (Fsp3) is 0.600. The first-order valence-electron chi connectivity index (χ1n) is 6.98. The van der Waals surface area contributed by atoms with Crippen molar-refractivity contribution in [2.24, 2.45) is 0 Å². The second-order valence-corrected chi connectivity index (χ2v) is 6.32. The minimum atomic E-state index is -0.474. The lowest BCUT2D eigenvalue weighted by Gasteiger charge is -2.32. The largest absolute Gasteiger partial charge is 0.494 e. The molecule has 0 aliphatic carbocycles. The third-order valence-electron chi connectivity index (χ3n) is 3.90. The average Bonchev–Trinajstić information content (AvgIpc) is 2.56. The maximum Gasteiger partial charge on any atom is 0.494 e. The van der Waals surface area contributed by atoms with E-state index in [1.165, 1.54) is 0 Å². The standard InChI is InChI=1S/C15H23BO4/c1-11(17)10-18-13-8-6-12(7-9-13)16-19-14(2,3)15(4,5)20-16/h6-9,11,17H,10H2,1-5H3. The molecule has 0 spiro atoms. The smallest absolute Gasteiger partial charge is 0.491 e. The SMILES string of the molecule is CC(O)COc1ccc(B2OC(C)(C)C(C)(C)O2)cc1. The fourth-order valence-electron chi connectivity index (χ4n) is 1.92. The topological polar surface area (TPSA) is 47.9 Å². The highest BCUT2D eigenvalue weighted by Gasteiger charge is 2.51. The van der Waals surface area contributed by atoms with E-state index in [-0.39, 0.29) is 24.9 Å². The summed E-state index contributed by atoms with van der Waals surface area (Å²) in [5.41, 5.74) is 0.297. The summed E-state index contributed by atoms with van der Waals surface area (Å²) < 4.78 is 17.4. The number of hydrogen-bond acceptors (Lipinski definition) is 4. The summed E-state index contributed by atoms with van der Waals surface area (Å²) in [6.45, 7) is 10.1. The molecule has 20 heavy (non-hydrogen) atoms. The van der Waals surface area contributed by atoms with Gasteiger partial charge in [-0.3, -0.25) is 0 Å². The lowest BCUT2D eigenvalue weighted by Crippen LogP contribution is -2.41. The maximum atomic E-state index is 9.19. The Morgan fingerprint density at radius 3 is 2.05 bits per heavy atom. The molecule has 1 N–H and O–H groups in total. The van der Waals surface area contributed by atoms with E-state index in [4.69, 9.17) is 14.0 Å². The van der Waals surface area contributed by atoms with Crippen LogP contribution in [0.25, 0.3) is 0 Å². The van der Waals surface area contributed by atoms with E-state index in [1.54, 1.807) is 6.92 Å². The molecule has 1 atom stereocenters. The van der Waals surface area contributed by atoms with Crippen molar-refractivity contribution in [2.45, 2.75) is 51.9 Å². The predicted octanol–water partition coefficient (Wildman–Crippen LogP) is 1.75. The molecule has 1 saturated heterocycles. The molecular weight excluding hydrogens is 255 g/mol. The van der Waals surface area contributed by atoms with Crippen LogP contribution in [-0.4, -0.2) is 36.1 Å². The predicted molar refractivity (Wildman–Crippen MR) is 79.3 cm³/mol. The highest BCUT2D eigenvalue weighted by molar-refractivity contribution is 6.62. The van der Waals surface area contributed by atoms with Crippen molar-refractivity contribution in [3.8, 4) is 5.75 Å². The molecule has 1 unspecified atom stereocenters. The van der Waals surface area contributed by atoms with Gasteiger partial charge >= 0.3 is 7.12 Å². The molecule has 0 amide bonds. The molecule has 4 nitrogen and oxygen atoms in total. The van der Waals surface area contributed by atoms with Gasteiger partial charge in [-0.25, -0.2) is 0 Å². The monoisotopic (exact) mass is 278 g/mol. The number of ether oxygens (including phenoxy) is 1. The molecule has 0 radical (unpaired) electrons. The van der Waals surface area contributed by atoms with E-state index in [1.807, 2.05) is 52.0 Å². The van der Waals surface area contributed by atoms with Crippen molar-refractivity contribution in [2.75, 3.05) is 6.61 Å². The van der Waals surface area contributed by atoms with Gasteiger partial charge in [-0.1, -0.05) is 12.1 Å². The second-order valence-electron chi connectivity index (χ2n) is 6.32. The Kier molecular flexibility index (Phi) is 4.14. The first-order chi connectivity index (χ1) is 9.21. The van der Waals surface area contributed by atoms with Gasteiger partial charge in [0.05, 0.1) is 17.3 Å². The van der Waals surface area contributed by atoms with Gasteiger partial charge in [-0.15, -0.1) is 0 Å². The third-order valence-corrected chi connectivity index (χ3v) is 3.90. The summed E-state index contributed by atoms with van der Waals surface area (Å²) in [5.74, 6) is 0.728. The minimum Gasteiger partial charge on any atom is -0.491 e. The van der Waals surface area contributed by atoms with Crippen molar-refractivity contribution < 1.29 is 19.2 Å². The van der Waals surface area contributed by atoms with Crippen molar-refractivity contribution in [3.05, 3.63) is 24.3 Å². The summed E-state index contributed by atoms with van der Waals surface area (Å²) in [6.07, 6.45) is -0.474. The zero-order valence-electron chi connectivity index (χ0n) is 12.8. The zero-order valence-corrected chi connectivity index (χ0v) is 12.8. The van der Waals surface area contributed by atoms with E-state index in [9.17, 15) is 5.11 Å². The fourth-order valence-corrected chi connectivity index (χ4v) is 1.92. The summed E-state index contributed by atoms with van der Waals surface area (Å²) in [5, 5.41) is 9.19. The number of benzene rings is 1. The Morgan fingerprint density at radius 2 is 1.60 bits per heavy atom. The number of hydrogen-bond donors (Lipinski definition) is 1. The molecule has 0 aromatic heterocycles.